The van der Waals surface area contributed by atoms with E-state index in [0.717, 1.165) is 40.3 Å². The lowest BCUT2D eigenvalue weighted by Crippen LogP contribution is -2.49. The van der Waals surface area contributed by atoms with Gasteiger partial charge in [-0.3, -0.25) is 9.69 Å². The zero-order chi connectivity index (χ0) is 23.2. The minimum atomic E-state index is -0.0727. The number of rotatable bonds is 7. The van der Waals surface area contributed by atoms with Crippen LogP contribution < -0.4 is 0 Å². The fraction of sp³-hybridized carbons (Fsp3) is 0.296. The number of amides is 1. The third kappa shape index (κ3) is 6.67. The quantitative estimate of drug-likeness (QED) is 0.371. The molecule has 172 valence electrons. The van der Waals surface area contributed by atoms with Crippen molar-refractivity contribution in [2.45, 2.75) is 19.6 Å². The number of hydrogen-bond donors (Lipinski definition) is 0. The maximum atomic E-state index is 12.8. The average Bonchev–Trinajstić information content (AvgIpc) is 2.83. The minimum Gasteiger partial charge on any atom is -0.368 e. The number of nitrogens with zero attached hydrogens (tertiary/aromatic N) is 2. The SMILES string of the molecule is Cc1cccc(COC(CN2CCN(C(=O)c3ccc(Br)cc3)CC2)c2ccc(Cl)cc2)c1. The Morgan fingerprint density at radius 2 is 1.70 bits per heavy atom. The highest BCUT2D eigenvalue weighted by Gasteiger charge is 2.25. The summed E-state index contributed by atoms with van der Waals surface area (Å²) >= 11 is 9.54. The highest BCUT2D eigenvalue weighted by Crippen LogP contribution is 2.24. The summed E-state index contributed by atoms with van der Waals surface area (Å²) in [5.41, 5.74) is 4.23. The summed E-state index contributed by atoms with van der Waals surface area (Å²) in [5.74, 6) is 0.0899. The molecule has 3 aromatic carbocycles. The van der Waals surface area contributed by atoms with Crippen molar-refractivity contribution in [3.63, 3.8) is 0 Å². The maximum absolute atomic E-state index is 12.8. The Morgan fingerprint density at radius 3 is 2.36 bits per heavy atom. The Kier molecular flexibility index (Phi) is 8.20. The molecule has 1 atom stereocenters. The summed E-state index contributed by atoms with van der Waals surface area (Å²) in [6, 6.07) is 23.9. The molecule has 1 aliphatic rings. The van der Waals surface area contributed by atoms with Gasteiger partial charge in [0.05, 0.1) is 12.7 Å². The van der Waals surface area contributed by atoms with Crippen molar-refractivity contribution < 1.29 is 9.53 Å². The second kappa shape index (κ2) is 11.3. The van der Waals surface area contributed by atoms with Gasteiger partial charge >= 0.3 is 0 Å². The van der Waals surface area contributed by atoms with Gasteiger partial charge in [0.2, 0.25) is 0 Å². The number of halogens is 2. The predicted molar refractivity (Wildman–Crippen MR) is 137 cm³/mol. The first-order valence-electron chi connectivity index (χ1n) is 11.2. The lowest BCUT2D eigenvalue weighted by molar-refractivity contribution is 0.00341. The van der Waals surface area contributed by atoms with Crippen molar-refractivity contribution in [1.29, 1.82) is 0 Å². The molecule has 0 N–H and O–H groups in total. The zero-order valence-corrected chi connectivity index (χ0v) is 21.1. The topological polar surface area (TPSA) is 32.8 Å². The van der Waals surface area contributed by atoms with Gasteiger partial charge in [-0.25, -0.2) is 0 Å². The molecular formula is C27H28BrClN2O2. The van der Waals surface area contributed by atoms with Crippen LogP contribution in [-0.2, 0) is 11.3 Å². The van der Waals surface area contributed by atoms with Crippen LogP contribution in [0, 0.1) is 6.92 Å². The van der Waals surface area contributed by atoms with Gasteiger partial charge in [-0.05, 0) is 54.4 Å². The monoisotopic (exact) mass is 526 g/mol. The Hall–Kier alpha value is -2.18. The van der Waals surface area contributed by atoms with Crippen LogP contribution in [0.3, 0.4) is 0 Å². The molecule has 4 rings (SSSR count). The lowest BCUT2D eigenvalue weighted by Gasteiger charge is -2.36. The van der Waals surface area contributed by atoms with Crippen LogP contribution in [0.5, 0.6) is 0 Å². The first kappa shape index (κ1) is 24.0. The highest BCUT2D eigenvalue weighted by molar-refractivity contribution is 9.10. The van der Waals surface area contributed by atoms with E-state index in [1.54, 1.807) is 0 Å². The van der Waals surface area contributed by atoms with Gasteiger partial charge in [0.1, 0.15) is 0 Å². The third-order valence-electron chi connectivity index (χ3n) is 5.95. The van der Waals surface area contributed by atoms with Gasteiger partial charge in [-0.2, -0.15) is 0 Å². The van der Waals surface area contributed by atoms with Crippen LogP contribution >= 0.6 is 27.5 Å². The van der Waals surface area contributed by atoms with Gasteiger partial charge in [-0.15, -0.1) is 0 Å². The maximum Gasteiger partial charge on any atom is 0.253 e. The molecule has 0 saturated carbocycles. The molecule has 1 amide bonds. The highest BCUT2D eigenvalue weighted by atomic mass is 79.9. The normalized spacial score (nSPS) is 15.4. The van der Waals surface area contributed by atoms with Crippen molar-refractivity contribution in [2.24, 2.45) is 0 Å². The van der Waals surface area contributed by atoms with E-state index < -0.39 is 0 Å². The van der Waals surface area contributed by atoms with Crippen molar-refractivity contribution in [1.82, 2.24) is 9.80 Å². The summed E-state index contributed by atoms with van der Waals surface area (Å²) in [7, 11) is 0. The number of benzene rings is 3. The third-order valence-corrected chi connectivity index (χ3v) is 6.73. The fourth-order valence-corrected chi connectivity index (χ4v) is 4.46. The summed E-state index contributed by atoms with van der Waals surface area (Å²) in [6.45, 7) is 6.47. The molecule has 0 bridgehead atoms. The molecule has 3 aromatic rings. The van der Waals surface area contributed by atoms with Crippen LogP contribution in [0.25, 0.3) is 0 Å². The molecule has 1 fully saturated rings. The zero-order valence-electron chi connectivity index (χ0n) is 18.7. The Labute approximate surface area is 209 Å². The molecule has 4 nitrogen and oxygen atoms in total. The van der Waals surface area contributed by atoms with Crippen molar-refractivity contribution in [3.05, 3.63) is 105 Å². The lowest BCUT2D eigenvalue weighted by atomic mass is 10.1. The minimum absolute atomic E-state index is 0.0727. The van der Waals surface area contributed by atoms with E-state index in [9.17, 15) is 4.79 Å². The van der Waals surface area contributed by atoms with E-state index in [4.69, 9.17) is 16.3 Å². The van der Waals surface area contributed by atoms with Crippen LogP contribution in [-0.4, -0.2) is 48.4 Å². The number of ether oxygens (including phenoxy) is 1. The first-order valence-corrected chi connectivity index (χ1v) is 12.3. The average molecular weight is 528 g/mol. The molecule has 6 heteroatoms. The molecule has 0 spiro atoms. The summed E-state index contributed by atoms with van der Waals surface area (Å²) in [5, 5.41) is 0.719. The van der Waals surface area contributed by atoms with Gasteiger partial charge in [0, 0.05) is 47.8 Å². The van der Waals surface area contributed by atoms with E-state index in [1.165, 1.54) is 11.1 Å². The van der Waals surface area contributed by atoms with Crippen molar-refractivity contribution >= 4 is 33.4 Å². The molecule has 0 aromatic heterocycles. The van der Waals surface area contributed by atoms with Gasteiger partial charge in [-0.1, -0.05) is 69.5 Å². The number of carbonyl (C=O) groups excluding carboxylic acids is 1. The van der Waals surface area contributed by atoms with E-state index >= 15 is 0 Å². The van der Waals surface area contributed by atoms with E-state index in [2.05, 4.69) is 52.0 Å². The standard InChI is InChI=1S/C27H28BrClN2O2/c1-20-3-2-4-21(17-20)19-33-26(22-7-11-25(29)12-8-22)18-30-13-15-31(16-14-30)27(32)23-5-9-24(28)10-6-23/h2-12,17,26H,13-16,18-19H2,1H3. The molecule has 1 saturated heterocycles. The summed E-state index contributed by atoms with van der Waals surface area (Å²) in [6.07, 6.45) is -0.0727. The van der Waals surface area contributed by atoms with Crippen LogP contribution in [0.15, 0.2) is 77.3 Å². The Morgan fingerprint density at radius 1 is 1.00 bits per heavy atom. The molecule has 1 unspecified atom stereocenters. The second-order valence-electron chi connectivity index (χ2n) is 8.44. The second-order valence-corrected chi connectivity index (χ2v) is 9.79. The molecule has 0 radical (unpaired) electrons. The number of piperazine rings is 1. The number of hydrogen-bond acceptors (Lipinski definition) is 3. The molecule has 0 aliphatic carbocycles. The molecular weight excluding hydrogens is 500 g/mol. The van der Waals surface area contributed by atoms with Crippen molar-refractivity contribution in [2.75, 3.05) is 32.7 Å². The van der Waals surface area contributed by atoms with Gasteiger partial charge in [0.15, 0.2) is 0 Å². The first-order chi connectivity index (χ1) is 16.0. The summed E-state index contributed by atoms with van der Waals surface area (Å²) in [4.78, 5) is 17.1. The fourth-order valence-electron chi connectivity index (χ4n) is 4.07. The largest absolute Gasteiger partial charge is 0.368 e. The predicted octanol–water partition coefficient (Wildman–Crippen LogP) is 6.13. The summed E-state index contributed by atoms with van der Waals surface area (Å²) < 4.78 is 7.37. The van der Waals surface area contributed by atoms with Crippen LogP contribution in [0.1, 0.15) is 33.2 Å². The van der Waals surface area contributed by atoms with E-state index in [-0.39, 0.29) is 12.0 Å². The molecule has 1 aliphatic heterocycles. The van der Waals surface area contributed by atoms with Gasteiger partial charge < -0.3 is 9.64 Å². The smallest absolute Gasteiger partial charge is 0.253 e. The van der Waals surface area contributed by atoms with Gasteiger partial charge in [0.25, 0.3) is 5.91 Å². The number of aryl methyl sites for hydroxylation is 1. The van der Waals surface area contributed by atoms with Crippen molar-refractivity contribution in [3.8, 4) is 0 Å². The Bertz CT molecular complexity index is 1060. The van der Waals surface area contributed by atoms with Crippen LogP contribution in [0.4, 0.5) is 0 Å². The van der Waals surface area contributed by atoms with E-state index in [1.807, 2.05) is 53.4 Å². The Balaban J connectivity index is 1.38. The van der Waals surface area contributed by atoms with Crippen LogP contribution in [0.2, 0.25) is 5.02 Å². The molecule has 33 heavy (non-hydrogen) atoms. The number of carbonyl (C=O) groups is 1. The molecule has 1 heterocycles. The van der Waals surface area contributed by atoms with E-state index in [0.29, 0.717) is 19.7 Å².